The number of ether oxygens (including phenoxy) is 1. The minimum Gasteiger partial charge on any atom is -0.469 e. The first-order valence-corrected chi connectivity index (χ1v) is 7.34. The summed E-state index contributed by atoms with van der Waals surface area (Å²) in [7, 11) is 0. The van der Waals surface area contributed by atoms with E-state index in [4.69, 9.17) is 9.15 Å². The maximum Gasteiger partial charge on any atom is 0.258 e. The van der Waals surface area contributed by atoms with E-state index in [1.54, 1.807) is 23.2 Å². The molecule has 3 aromatic rings. The molecule has 0 atom stereocenters. The molecule has 0 saturated carbocycles. The highest BCUT2D eigenvalue weighted by Gasteiger charge is 2.06. The van der Waals surface area contributed by atoms with Gasteiger partial charge in [0.25, 0.3) is 5.91 Å². The number of benzene rings is 1. The molecule has 2 heterocycles. The van der Waals surface area contributed by atoms with E-state index in [0.717, 1.165) is 11.4 Å². The summed E-state index contributed by atoms with van der Waals surface area (Å²) in [4.78, 5) is 11.7. The molecule has 0 aliphatic carbocycles. The molecule has 2 aromatic heterocycles. The summed E-state index contributed by atoms with van der Waals surface area (Å²) in [5, 5.41) is 7.04. The summed E-state index contributed by atoms with van der Waals surface area (Å²) in [6.45, 7) is 0.443. The van der Waals surface area contributed by atoms with E-state index in [0.29, 0.717) is 18.8 Å². The highest BCUT2D eigenvalue weighted by Crippen LogP contribution is 2.11. The Kier molecular flexibility index (Phi) is 4.73. The van der Waals surface area contributed by atoms with Gasteiger partial charge in [-0.3, -0.25) is 4.79 Å². The number of aromatic nitrogens is 2. The zero-order valence-electron chi connectivity index (χ0n) is 12.5. The van der Waals surface area contributed by atoms with Crippen LogP contribution >= 0.6 is 0 Å². The minimum atomic E-state index is -0.189. The number of carbonyl (C=O) groups is 1. The van der Waals surface area contributed by atoms with Crippen molar-refractivity contribution in [2.24, 2.45) is 0 Å². The van der Waals surface area contributed by atoms with Gasteiger partial charge in [0.15, 0.2) is 6.61 Å². The second-order valence-electron chi connectivity index (χ2n) is 4.90. The molecule has 1 aromatic carbocycles. The molecule has 3 rings (SSSR count). The predicted octanol–water partition coefficient (Wildman–Crippen LogP) is 2.20. The molecule has 1 amide bonds. The number of furan rings is 1. The number of para-hydroxylation sites is 1. The van der Waals surface area contributed by atoms with Crippen molar-refractivity contribution >= 4 is 5.91 Å². The monoisotopic (exact) mass is 311 g/mol. The van der Waals surface area contributed by atoms with Crippen LogP contribution in [0.15, 0.2) is 65.4 Å². The van der Waals surface area contributed by atoms with Crippen molar-refractivity contribution in [1.82, 2.24) is 15.1 Å². The van der Waals surface area contributed by atoms with E-state index in [1.807, 2.05) is 42.5 Å². The highest BCUT2D eigenvalue weighted by molar-refractivity contribution is 5.77. The van der Waals surface area contributed by atoms with Crippen LogP contribution in [0.4, 0.5) is 0 Å². The Morgan fingerprint density at radius 3 is 2.83 bits per heavy atom. The molecule has 0 saturated heterocycles. The number of hydrogen-bond donors (Lipinski definition) is 1. The number of amides is 1. The van der Waals surface area contributed by atoms with Crippen LogP contribution in [0.5, 0.6) is 5.88 Å². The number of nitrogens with one attached hydrogen (secondary N) is 1. The third-order valence-corrected chi connectivity index (χ3v) is 3.21. The molecule has 118 valence electrons. The molecule has 0 fully saturated rings. The Labute approximate surface area is 133 Å². The van der Waals surface area contributed by atoms with Gasteiger partial charge in [0.2, 0.25) is 5.88 Å². The van der Waals surface area contributed by atoms with Gasteiger partial charge in [0.1, 0.15) is 5.76 Å². The fraction of sp³-hybridized carbons (Fsp3) is 0.176. The topological polar surface area (TPSA) is 69.3 Å². The molecule has 0 aliphatic heterocycles. The summed E-state index contributed by atoms with van der Waals surface area (Å²) in [5.74, 6) is 1.06. The number of carbonyl (C=O) groups excluding carboxylic acids is 1. The van der Waals surface area contributed by atoms with Crippen LogP contribution in [-0.2, 0) is 11.2 Å². The largest absolute Gasteiger partial charge is 0.469 e. The zero-order valence-corrected chi connectivity index (χ0v) is 12.5. The van der Waals surface area contributed by atoms with E-state index in [9.17, 15) is 4.79 Å². The lowest BCUT2D eigenvalue weighted by Crippen LogP contribution is -2.30. The van der Waals surface area contributed by atoms with Crippen molar-refractivity contribution < 1.29 is 13.9 Å². The molecule has 0 radical (unpaired) electrons. The van der Waals surface area contributed by atoms with Crippen LogP contribution in [0, 0.1) is 0 Å². The molecule has 0 spiro atoms. The Bertz CT molecular complexity index is 736. The van der Waals surface area contributed by atoms with Crippen molar-refractivity contribution in [1.29, 1.82) is 0 Å². The average molecular weight is 311 g/mol. The molecule has 0 unspecified atom stereocenters. The van der Waals surface area contributed by atoms with Gasteiger partial charge >= 0.3 is 0 Å². The van der Waals surface area contributed by atoms with Crippen molar-refractivity contribution in [3.05, 3.63) is 66.8 Å². The Morgan fingerprint density at radius 2 is 2.04 bits per heavy atom. The quantitative estimate of drug-likeness (QED) is 0.726. The summed E-state index contributed by atoms with van der Waals surface area (Å²) in [6, 6.07) is 15.1. The van der Waals surface area contributed by atoms with Crippen molar-refractivity contribution in [3.8, 4) is 11.6 Å². The van der Waals surface area contributed by atoms with Crippen LogP contribution in [0.25, 0.3) is 5.69 Å². The fourth-order valence-corrected chi connectivity index (χ4v) is 2.08. The van der Waals surface area contributed by atoms with Crippen LogP contribution in [0.2, 0.25) is 0 Å². The third kappa shape index (κ3) is 4.23. The first-order chi connectivity index (χ1) is 11.3. The Hall–Kier alpha value is -3.02. The van der Waals surface area contributed by atoms with E-state index in [1.165, 1.54) is 0 Å². The van der Waals surface area contributed by atoms with Gasteiger partial charge in [0.05, 0.1) is 12.0 Å². The summed E-state index contributed by atoms with van der Waals surface area (Å²) < 4.78 is 12.3. The Balaban J connectivity index is 1.43. The molecule has 6 heteroatoms. The van der Waals surface area contributed by atoms with Gasteiger partial charge in [-0.1, -0.05) is 18.2 Å². The number of hydrogen-bond acceptors (Lipinski definition) is 4. The third-order valence-electron chi connectivity index (χ3n) is 3.21. The second-order valence-corrected chi connectivity index (χ2v) is 4.90. The maximum atomic E-state index is 11.7. The van der Waals surface area contributed by atoms with Gasteiger partial charge in [-0.25, -0.2) is 4.68 Å². The van der Waals surface area contributed by atoms with Gasteiger partial charge in [-0.2, -0.15) is 0 Å². The van der Waals surface area contributed by atoms with Crippen LogP contribution in [0.3, 0.4) is 0 Å². The van der Waals surface area contributed by atoms with Crippen molar-refractivity contribution in [2.75, 3.05) is 13.2 Å². The number of rotatable bonds is 7. The van der Waals surface area contributed by atoms with Crippen LogP contribution in [-0.4, -0.2) is 28.8 Å². The lowest BCUT2D eigenvalue weighted by Gasteiger charge is -2.05. The SMILES string of the molecule is O=C(COc1ccn(-c2ccccc2)n1)NCCc1ccco1. The minimum absolute atomic E-state index is 0.0655. The van der Waals surface area contributed by atoms with Gasteiger partial charge in [-0.15, -0.1) is 5.10 Å². The maximum absolute atomic E-state index is 11.7. The molecule has 0 bridgehead atoms. The summed E-state index contributed by atoms with van der Waals surface area (Å²) in [5.41, 5.74) is 0.935. The Morgan fingerprint density at radius 1 is 1.17 bits per heavy atom. The number of nitrogens with zero attached hydrogens (tertiary/aromatic N) is 2. The average Bonchev–Trinajstić information content (AvgIpc) is 3.25. The van der Waals surface area contributed by atoms with E-state index in [-0.39, 0.29) is 12.5 Å². The molecule has 1 N–H and O–H groups in total. The van der Waals surface area contributed by atoms with E-state index in [2.05, 4.69) is 10.4 Å². The lowest BCUT2D eigenvalue weighted by molar-refractivity contribution is -0.123. The fourth-order valence-electron chi connectivity index (χ4n) is 2.08. The van der Waals surface area contributed by atoms with E-state index < -0.39 is 0 Å². The van der Waals surface area contributed by atoms with Gasteiger partial charge < -0.3 is 14.5 Å². The standard InChI is InChI=1S/C17H17N3O3/c21-16(18-10-8-15-7-4-12-22-15)13-23-17-9-11-20(19-17)14-5-2-1-3-6-14/h1-7,9,11-12H,8,10,13H2,(H,18,21). The second kappa shape index (κ2) is 7.31. The normalized spacial score (nSPS) is 10.4. The van der Waals surface area contributed by atoms with Gasteiger partial charge in [0, 0.05) is 25.2 Å². The van der Waals surface area contributed by atoms with Crippen LogP contribution in [0.1, 0.15) is 5.76 Å². The molecular weight excluding hydrogens is 294 g/mol. The smallest absolute Gasteiger partial charge is 0.258 e. The summed E-state index contributed by atoms with van der Waals surface area (Å²) in [6.07, 6.45) is 4.06. The van der Waals surface area contributed by atoms with Crippen LogP contribution < -0.4 is 10.1 Å². The van der Waals surface area contributed by atoms with Crippen molar-refractivity contribution in [2.45, 2.75) is 6.42 Å². The molecule has 0 aliphatic rings. The first kappa shape index (κ1) is 14.9. The van der Waals surface area contributed by atoms with Crippen molar-refractivity contribution in [3.63, 3.8) is 0 Å². The summed E-state index contributed by atoms with van der Waals surface area (Å²) >= 11 is 0. The predicted molar refractivity (Wildman–Crippen MR) is 84.5 cm³/mol. The van der Waals surface area contributed by atoms with E-state index >= 15 is 0 Å². The molecule has 23 heavy (non-hydrogen) atoms. The van der Waals surface area contributed by atoms with Gasteiger partial charge in [-0.05, 0) is 24.3 Å². The zero-order chi connectivity index (χ0) is 15.9. The molecular formula is C17H17N3O3. The lowest BCUT2D eigenvalue weighted by atomic mass is 10.3. The first-order valence-electron chi connectivity index (χ1n) is 7.34. The molecule has 6 nitrogen and oxygen atoms in total. The highest BCUT2D eigenvalue weighted by atomic mass is 16.5.